The zero-order valence-corrected chi connectivity index (χ0v) is 13.4. The number of anilines is 1. The van der Waals surface area contributed by atoms with Crippen molar-refractivity contribution >= 4 is 17.6 Å². The van der Waals surface area contributed by atoms with Gasteiger partial charge in [0.2, 0.25) is 5.72 Å². The van der Waals surface area contributed by atoms with Gasteiger partial charge in [-0.25, -0.2) is 0 Å². The Morgan fingerprint density at radius 1 is 1.26 bits per heavy atom. The third-order valence-electron chi connectivity index (χ3n) is 4.66. The number of fused-ring (bicyclic) bond motifs is 3. The molecule has 124 valence electrons. The first-order valence-corrected chi connectivity index (χ1v) is 7.43. The van der Waals surface area contributed by atoms with E-state index >= 15 is 0 Å². The van der Waals surface area contributed by atoms with Gasteiger partial charge >= 0.3 is 5.97 Å². The lowest BCUT2D eigenvalue weighted by Gasteiger charge is -2.54. The number of benzene rings is 1. The van der Waals surface area contributed by atoms with Crippen LogP contribution in [-0.2, 0) is 19.1 Å². The third-order valence-corrected chi connectivity index (χ3v) is 4.66. The summed E-state index contributed by atoms with van der Waals surface area (Å²) in [6.45, 7) is 0.555. The number of carbonyl (C=O) groups is 2. The Morgan fingerprint density at radius 3 is 2.52 bits per heavy atom. The number of nitrogens with one attached hydrogen (secondary N) is 1. The second-order valence-corrected chi connectivity index (χ2v) is 5.66. The highest BCUT2D eigenvalue weighted by Gasteiger charge is 2.61. The maximum Gasteiger partial charge on any atom is 0.313 e. The Labute approximate surface area is 134 Å². The van der Waals surface area contributed by atoms with Crippen LogP contribution in [0.4, 0.5) is 5.69 Å². The summed E-state index contributed by atoms with van der Waals surface area (Å²) in [5.41, 5.74) is -0.617. The van der Waals surface area contributed by atoms with E-state index in [0.29, 0.717) is 13.0 Å². The molecule has 1 amide bonds. The fourth-order valence-corrected chi connectivity index (χ4v) is 3.46. The van der Waals surface area contributed by atoms with Gasteiger partial charge in [0.1, 0.15) is 11.7 Å². The van der Waals surface area contributed by atoms with E-state index in [4.69, 9.17) is 14.2 Å². The van der Waals surface area contributed by atoms with Crippen molar-refractivity contribution in [3.05, 3.63) is 24.3 Å². The van der Waals surface area contributed by atoms with Crippen molar-refractivity contribution in [1.29, 1.82) is 0 Å². The normalized spacial score (nSPS) is 29.5. The Bertz CT molecular complexity index is 617. The molecular formula is C16H20N2O5. The van der Waals surface area contributed by atoms with Crippen LogP contribution in [0, 0.1) is 5.92 Å². The summed E-state index contributed by atoms with van der Waals surface area (Å²) < 4.78 is 15.5. The van der Waals surface area contributed by atoms with E-state index in [2.05, 4.69) is 5.32 Å². The Morgan fingerprint density at radius 2 is 1.96 bits per heavy atom. The first-order chi connectivity index (χ1) is 11.1. The fraction of sp³-hybridized carbons (Fsp3) is 0.500. The number of esters is 1. The van der Waals surface area contributed by atoms with E-state index in [0.717, 1.165) is 11.4 Å². The number of piperidine rings is 2. The van der Waals surface area contributed by atoms with Gasteiger partial charge in [0.25, 0.3) is 5.91 Å². The molecule has 0 saturated carbocycles. The number of ether oxygens (including phenoxy) is 3. The van der Waals surface area contributed by atoms with Crippen molar-refractivity contribution in [2.24, 2.45) is 5.92 Å². The summed E-state index contributed by atoms with van der Waals surface area (Å²) in [4.78, 5) is 26.8. The van der Waals surface area contributed by atoms with Gasteiger partial charge in [0, 0.05) is 19.3 Å². The first-order valence-electron chi connectivity index (χ1n) is 7.43. The number of methoxy groups -OCH3 is 3. The monoisotopic (exact) mass is 320 g/mol. The summed E-state index contributed by atoms with van der Waals surface area (Å²) in [6, 6.07) is 7.13. The molecule has 1 aromatic rings. The number of piperazine rings is 1. The average Bonchev–Trinajstić information content (AvgIpc) is 2.61. The second-order valence-electron chi connectivity index (χ2n) is 5.66. The molecule has 0 aliphatic carbocycles. The van der Waals surface area contributed by atoms with Crippen LogP contribution in [0.3, 0.4) is 0 Å². The first kappa shape index (κ1) is 15.8. The van der Waals surface area contributed by atoms with Gasteiger partial charge in [0.15, 0.2) is 0 Å². The van der Waals surface area contributed by atoms with E-state index in [-0.39, 0.29) is 11.9 Å². The molecule has 2 bridgehead atoms. The highest BCUT2D eigenvalue weighted by Crippen LogP contribution is 2.40. The van der Waals surface area contributed by atoms with Gasteiger partial charge in [-0.05, 0) is 30.7 Å². The van der Waals surface area contributed by atoms with Gasteiger partial charge in [-0.3, -0.25) is 14.9 Å². The van der Waals surface area contributed by atoms with Gasteiger partial charge in [-0.1, -0.05) is 0 Å². The quantitative estimate of drug-likeness (QED) is 0.816. The largest absolute Gasteiger partial charge is 0.497 e. The molecule has 23 heavy (non-hydrogen) atoms. The van der Waals surface area contributed by atoms with Crippen molar-refractivity contribution in [1.82, 2.24) is 5.32 Å². The lowest BCUT2D eigenvalue weighted by Crippen LogP contribution is -2.78. The van der Waals surface area contributed by atoms with E-state index < -0.39 is 17.6 Å². The molecule has 3 aliphatic rings. The predicted octanol–water partition coefficient (Wildman–Crippen LogP) is 0.536. The highest BCUT2D eigenvalue weighted by molar-refractivity contribution is 6.04. The molecule has 7 heteroatoms. The van der Waals surface area contributed by atoms with E-state index in [1.807, 2.05) is 12.1 Å². The molecule has 3 heterocycles. The smallest absolute Gasteiger partial charge is 0.313 e. The Kier molecular flexibility index (Phi) is 3.99. The van der Waals surface area contributed by atoms with E-state index in [1.165, 1.54) is 14.2 Å². The fourth-order valence-electron chi connectivity index (χ4n) is 3.46. The number of nitrogens with zero attached hydrogens (tertiary/aromatic N) is 1. The molecule has 3 saturated heterocycles. The molecule has 3 fully saturated rings. The van der Waals surface area contributed by atoms with Crippen molar-refractivity contribution in [3.63, 3.8) is 0 Å². The van der Waals surface area contributed by atoms with Crippen LogP contribution in [0.5, 0.6) is 5.75 Å². The highest BCUT2D eigenvalue weighted by atomic mass is 16.5. The maximum atomic E-state index is 13.0. The minimum atomic E-state index is -1.37. The molecule has 0 radical (unpaired) electrons. The third kappa shape index (κ3) is 2.27. The number of rotatable bonds is 4. The van der Waals surface area contributed by atoms with Crippen molar-refractivity contribution < 1.29 is 23.8 Å². The SMILES string of the molecule is COC(=O)[C@@H]1C[C@@H]2CN[C@@]1(OC)C(=O)N2c1ccc(OC)cc1. The van der Waals surface area contributed by atoms with Crippen LogP contribution in [0.25, 0.3) is 0 Å². The average molecular weight is 320 g/mol. The summed E-state index contributed by atoms with van der Waals surface area (Å²) in [5.74, 6) is -0.650. The van der Waals surface area contributed by atoms with Gasteiger partial charge < -0.3 is 19.1 Å². The summed E-state index contributed by atoms with van der Waals surface area (Å²) in [6.07, 6.45) is 0.491. The van der Waals surface area contributed by atoms with Crippen LogP contribution in [-0.4, -0.2) is 51.5 Å². The number of hydrogen-bond acceptors (Lipinski definition) is 6. The Hall–Kier alpha value is -2.12. The summed E-state index contributed by atoms with van der Waals surface area (Å²) in [5, 5.41) is 3.08. The maximum absolute atomic E-state index is 13.0. The van der Waals surface area contributed by atoms with Crippen LogP contribution in [0.1, 0.15) is 6.42 Å². The van der Waals surface area contributed by atoms with Crippen LogP contribution in [0.15, 0.2) is 24.3 Å². The van der Waals surface area contributed by atoms with Crippen molar-refractivity contribution in [2.75, 3.05) is 32.8 Å². The molecule has 0 aromatic heterocycles. The minimum Gasteiger partial charge on any atom is -0.497 e. The zero-order valence-electron chi connectivity index (χ0n) is 13.4. The second kappa shape index (κ2) is 5.82. The van der Waals surface area contributed by atoms with Crippen molar-refractivity contribution in [2.45, 2.75) is 18.2 Å². The molecule has 3 aliphatic heterocycles. The minimum absolute atomic E-state index is 0.128. The van der Waals surface area contributed by atoms with Crippen LogP contribution >= 0.6 is 0 Å². The van der Waals surface area contributed by atoms with E-state index in [1.54, 1.807) is 24.1 Å². The van der Waals surface area contributed by atoms with E-state index in [9.17, 15) is 9.59 Å². The summed E-state index contributed by atoms with van der Waals surface area (Å²) in [7, 11) is 4.34. The predicted molar refractivity (Wildman–Crippen MR) is 82.1 cm³/mol. The van der Waals surface area contributed by atoms with Gasteiger partial charge in [0.05, 0.1) is 20.3 Å². The zero-order chi connectivity index (χ0) is 16.6. The summed E-state index contributed by atoms with van der Waals surface area (Å²) >= 11 is 0. The molecule has 1 N–H and O–H groups in total. The standard InChI is InChI=1S/C16H20N2O5/c1-21-12-6-4-10(5-7-12)18-11-8-13(14(19)22-2)16(23-3,15(18)20)17-9-11/h4-7,11,13,17H,8-9H2,1-3H3/t11-,13+,16+/m1/s1. The molecule has 0 unspecified atom stereocenters. The molecular weight excluding hydrogens is 300 g/mol. The van der Waals surface area contributed by atoms with Crippen molar-refractivity contribution in [3.8, 4) is 5.75 Å². The van der Waals surface area contributed by atoms with Gasteiger partial charge in [-0.15, -0.1) is 0 Å². The molecule has 3 atom stereocenters. The molecule has 4 rings (SSSR count). The number of amides is 1. The van der Waals surface area contributed by atoms with Crippen LogP contribution in [0.2, 0.25) is 0 Å². The van der Waals surface area contributed by atoms with Gasteiger partial charge in [-0.2, -0.15) is 0 Å². The molecule has 7 nitrogen and oxygen atoms in total. The lowest BCUT2D eigenvalue weighted by molar-refractivity contribution is -0.184. The molecule has 1 aromatic carbocycles. The number of carbonyl (C=O) groups excluding carboxylic acids is 2. The van der Waals surface area contributed by atoms with Crippen LogP contribution < -0.4 is 15.0 Å². The Balaban J connectivity index is 1.96. The number of hydrogen-bond donors (Lipinski definition) is 1. The lowest BCUT2D eigenvalue weighted by atomic mass is 9.78. The topological polar surface area (TPSA) is 77.1 Å². The molecule has 0 spiro atoms.